The van der Waals surface area contributed by atoms with Crippen LogP contribution in [0.1, 0.15) is 63.9 Å². The van der Waals surface area contributed by atoms with Crippen molar-refractivity contribution < 1.29 is 18.7 Å². The van der Waals surface area contributed by atoms with Crippen LogP contribution in [0.2, 0.25) is 0 Å². The zero-order chi connectivity index (χ0) is 32.6. The second kappa shape index (κ2) is 15.3. The molecular weight excluding hydrogens is 567 g/mol. The van der Waals surface area contributed by atoms with Gasteiger partial charge in [0.25, 0.3) is 0 Å². The molecule has 0 aliphatic carbocycles. The predicted octanol–water partition coefficient (Wildman–Crippen LogP) is 6.96. The number of nitrogens with one attached hydrogen (secondary N) is 1. The monoisotopic (exact) mass is 618 g/mol. The highest BCUT2D eigenvalue weighted by molar-refractivity contribution is 5.86. The van der Waals surface area contributed by atoms with Crippen LogP contribution in [0.5, 0.6) is 0 Å². The average Bonchev–Trinajstić information content (AvgIpc) is 3.36. The summed E-state index contributed by atoms with van der Waals surface area (Å²) in [6, 6.07) is 20.7. The van der Waals surface area contributed by atoms with Crippen molar-refractivity contribution in [2.45, 2.75) is 85.1 Å². The molecule has 2 aromatic carbocycles. The minimum Gasteiger partial charge on any atom is -0.443 e. The zero-order valence-corrected chi connectivity index (χ0v) is 28.1. The minimum atomic E-state index is -0.627. The Labute approximate surface area is 269 Å². The van der Waals surface area contributed by atoms with Gasteiger partial charge in [0, 0.05) is 36.8 Å². The first-order valence-electron chi connectivity index (χ1n) is 16.1. The van der Waals surface area contributed by atoms with Crippen molar-refractivity contribution in [3.8, 4) is 0 Å². The van der Waals surface area contributed by atoms with Crippen LogP contribution in [0.15, 0.2) is 66.7 Å². The molecule has 0 spiro atoms. The van der Waals surface area contributed by atoms with Crippen molar-refractivity contribution in [1.82, 2.24) is 15.2 Å². The molecular formula is C37H51FN4O3. The van der Waals surface area contributed by atoms with Crippen molar-refractivity contribution in [2.24, 2.45) is 5.92 Å². The molecule has 2 atom stereocenters. The molecule has 0 saturated carbocycles. The van der Waals surface area contributed by atoms with Gasteiger partial charge in [-0.05, 0) is 109 Å². The number of benzene rings is 2. The van der Waals surface area contributed by atoms with Gasteiger partial charge in [-0.3, -0.25) is 9.80 Å². The number of carbonyl (C=O) groups is 1. The maximum absolute atomic E-state index is 13.5. The molecule has 45 heavy (non-hydrogen) atoms. The van der Waals surface area contributed by atoms with Gasteiger partial charge >= 0.3 is 6.09 Å². The number of ether oxygens (including phenoxy) is 2. The summed E-state index contributed by atoms with van der Waals surface area (Å²) in [5.74, 6) is 0.645. The lowest BCUT2D eigenvalue weighted by molar-refractivity contribution is 0.0314. The van der Waals surface area contributed by atoms with E-state index in [4.69, 9.17) is 14.5 Å². The third-order valence-corrected chi connectivity index (χ3v) is 7.97. The van der Waals surface area contributed by atoms with Crippen LogP contribution in [0.4, 0.5) is 15.0 Å². The highest BCUT2D eigenvalue weighted by Gasteiger charge is 2.38. The Balaban J connectivity index is 1.44. The lowest BCUT2D eigenvalue weighted by Crippen LogP contribution is -2.40. The Hall–Kier alpha value is -3.33. The Bertz CT molecular complexity index is 1390. The van der Waals surface area contributed by atoms with Crippen LogP contribution >= 0.6 is 0 Å². The molecule has 1 N–H and O–H groups in total. The van der Waals surface area contributed by atoms with Crippen LogP contribution in [-0.2, 0) is 28.9 Å². The fraction of sp³-hybridized carbons (Fsp3) is 0.514. The summed E-state index contributed by atoms with van der Waals surface area (Å²) in [6.45, 7) is 18.6. The molecule has 1 amide bonds. The van der Waals surface area contributed by atoms with Gasteiger partial charge in [-0.1, -0.05) is 42.5 Å². The van der Waals surface area contributed by atoms with Gasteiger partial charge in [0.2, 0.25) is 0 Å². The Morgan fingerprint density at radius 3 is 2.40 bits per heavy atom. The number of amides is 1. The molecule has 1 aliphatic rings. The second-order valence-corrected chi connectivity index (χ2v) is 14.1. The van der Waals surface area contributed by atoms with E-state index >= 15 is 0 Å². The highest BCUT2D eigenvalue weighted by Crippen LogP contribution is 2.30. The van der Waals surface area contributed by atoms with Gasteiger partial charge in [-0.25, -0.2) is 14.2 Å². The summed E-state index contributed by atoms with van der Waals surface area (Å²) in [6.07, 6.45) is 1.16. The van der Waals surface area contributed by atoms with Crippen LogP contribution in [0.25, 0.3) is 0 Å². The van der Waals surface area contributed by atoms with Gasteiger partial charge in [0.15, 0.2) is 0 Å². The molecule has 0 radical (unpaired) electrons. The fourth-order valence-corrected chi connectivity index (χ4v) is 5.66. The van der Waals surface area contributed by atoms with Gasteiger partial charge in [-0.2, -0.15) is 0 Å². The molecule has 0 bridgehead atoms. The zero-order valence-electron chi connectivity index (χ0n) is 28.1. The van der Waals surface area contributed by atoms with E-state index in [2.05, 4.69) is 37.1 Å². The smallest absolute Gasteiger partial charge is 0.416 e. The van der Waals surface area contributed by atoms with Crippen molar-refractivity contribution in [2.75, 3.05) is 37.7 Å². The Morgan fingerprint density at radius 1 is 0.978 bits per heavy atom. The number of aromatic nitrogens is 1. The Kier molecular flexibility index (Phi) is 11.7. The summed E-state index contributed by atoms with van der Waals surface area (Å²) >= 11 is 0. The van der Waals surface area contributed by atoms with Crippen molar-refractivity contribution in [1.29, 1.82) is 0 Å². The number of likely N-dealkylation sites (tertiary alicyclic amines) is 1. The maximum Gasteiger partial charge on any atom is 0.416 e. The molecule has 0 unspecified atom stereocenters. The quantitative estimate of drug-likeness (QED) is 0.222. The minimum absolute atomic E-state index is 0.0218. The molecule has 8 heteroatoms. The summed E-state index contributed by atoms with van der Waals surface area (Å²) in [5, 5.41) is 3.43. The summed E-state index contributed by atoms with van der Waals surface area (Å²) < 4.78 is 25.8. The lowest BCUT2D eigenvalue weighted by Gasteiger charge is -2.31. The SMILES string of the molecule is Cc1cc(C[C@H]2CN(C(C)(C)C)C[C@@H]2OCCNCCc2cccc(F)c2)nc(N(Cc2ccccc2)C(=O)OC(C)(C)C)c1. The molecule has 1 fully saturated rings. The van der Waals surface area contributed by atoms with Crippen LogP contribution in [0.3, 0.4) is 0 Å². The van der Waals surface area contributed by atoms with E-state index in [1.54, 1.807) is 17.0 Å². The number of carbonyl (C=O) groups excluding carboxylic acids is 1. The standard InChI is InChI=1S/C37H51FN4O3/c1-27-20-32(40-34(21-27)42(35(43)45-37(5,6)7)24-29-12-9-8-10-13-29)23-30-25-41(36(2,3)4)26-33(30)44-19-18-39-17-16-28-14-11-15-31(38)22-28/h8-15,20-22,30,33,39H,16-19,23-26H2,1-7H3/t30-,33-/m0/s1. The molecule has 4 rings (SSSR count). The summed E-state index contributed by atoms with van der Waals surface area (Å²) in [4.78, 5) is 22.6. The molecule has 1 saturated heterocycles. The van der Waals surface area contributed by atoms with Crippen molar-refractivity contribution in [3.63, 3.8) is 0 Å². The van der Waals surface area contributed by atoms with E-state index in [1.165, 1.54) is 6.07 Å². The second-order valence-electron chi connectivity index (χ2n) is 14.1. The third kappa shape index (κ3) is 10.9. The fourth-order valence-electron chi connectivity index (χ4n) is 5.66. The van der Waals surface area contributed by atoms with E-state index in [0.29, 0.717) is 19.0 Å². The third-order valence-electron chi connectivity index (χ3n) is 7.97. The van der Waals surface area contributed by atoms with Crippen LogP contribution < -0.4 is 10.2 Å². The van der Waals surface area contributed by atoms with E-state index in [0.717, 1.165) is 61.4 Å². The van der Waals surface area contributed by atoms with Gasteiger partial charge in [0.05, 0.1) is 19.3 Å². The number of hydrogen-bond acceptors (Lipinski definition) is 6. The maximum atomic E-state index is 13.5. The van der Waals surface area contributed by atoms with E-state index in [9.17, 15) is 9.18 Å². The van der Waals surface area contributed by atoms with Crippen LogP contribution in [0, 0.1) is 18.7 Å². The number of halogens is 1. The number of rotatable bonds is 12. The first-order valence-corrected chi connectivity index (χ1v) is 16.1. The largest absolute Gasteiger partial charge is 0.443 e. The van der Waals surface area contributed by atoms with E-state index in [1.807, 2.05) is 70.2 Å². The number of aryl methyl sites for hydroxylation is 1. The molecule has 1 aromatic heterocycles. The van der Waals surface area contributed by atoms with Crippen molar-refractivity contribution >= 4 is 11.9 Å². The molecule has 7 nitrogen and oxygen atoms in total. The first kappa shape index (κ1) is 34.5. The van der Waals surface area contributed by atoms with Gasteiger partial charge in [0.1, 0.15) is 17.2 Å². The van der Waals surface area contributed by atoms with E-state index < -0.39 is 11.7 Å². The number of pyridine rings is 1. The van der Waals surface area contributed by atoms with Crippen molar-refractivity contribution in [3.05, 3.63) is 94.9 Å². The molecule has 2 heterocycles. The molecule has 244 valence electrons. The van der Waals surface area contributed by atoms with E-state index in [-0.39, 0.29) is 23.4 Å². The van der Waals surface area contributed by atoms with Crippen LogP contribution in [-0.4, -0.2) is 66.0 Å². The molecule has 1 aliphatic heterocycles. The Morgan fingerprint density at radius 2 is 1.71 bits per heavy atom. The normalized spacial score (nSPS) is 17.4. The van der Waals surface area contributed by atoms with Gasteiger partial charge in [-0.15, -0.1) is 0 Å². The number of nitrogens with zero attached hydrogens (tertiary/aromatic N) is 3. The summed E-state index contributed by atoms with van der Waals surface area (Å²) in [7, 11) is 0. The number of hydrogen-bond donors (Lipinski definition) is 1. The average molecular weight is 619 g/mol. The summed E-state index contributed by atoms with van der Waals surface area (Å²) in [5.41, 5.74) is 3.37. The van der Waals surface area contributed by atoms with Gasteiger partial charge < -0.3 is 14.8 Å². The lowest BCUT2D eigenvalue weighted by atomic mass is 9.98. The number of anilines is 1. The first-order chi connectivity index (χ1) is 21.3. The molecule has 3 aromatic rings. The topological polar surface area (TPSA) is 66.9 Å². The highest BCUT2D eigenvalue weighted by atomic mass is 19.1. The predicted molar refractivity (Wildman–Crippen MR) is 179 cm³/mol.